The highest BCUT2D eigenvalue weighted by Gasteiger charge is 2.34. The summed E-state index contributed by atoms with van der Waals surface area (Å²) in [6, 6.07) is 9.71. The Labute approximate surface area is 119 Å². The normalized spacial score (nSPS) is 12.2. The van der Waals surface area contributed by atoms with Crippen LogP contribution < -0.4 is 9.88 Å². The lowest BCUT2D eigenvalue weighted by Gasteiger charge is -2.14. The molecule has 0 aliphatic heterocycles. The summed E-state index contributed by atoms with van der Waals surface area (Å²) in [5.41, 5.74) is -1.01. The number of alkyl halides is 3. The summed E-state index contributed by atoms with van der Waals surface area (Å²) in [6.07, 6.45) is -4.62. The van der Waals surface area contributed by atoms with E-state index in [1.165, 1.54) is 30.3 Å². The molecule has 2 aromatic carbocycles. The van der Waals surface area contributed by atoms with Crippen molar-refractivity contribution in [2.45, 2.75) is 11.1 Å². The highest BCUT2D eigenvalue weighted by Crippen LogP contribution is 2.38. The Kier molecular flexibility index (Phi) is 3.93. The molecule has 0 radical (unpaired) electrons. The molecule has 0 spiro atoms. The zero-order chi connectivity index (χ0) is 15.7. The molecule has 0 aliphatic carbocycles. The SMILES string of the molecule is NS(=O)(=O)c1ccccc1Oc1ccccc1C(F)(F)F. The molecule has 0 aromatic heterocycles. The second-order valence-corrected chi connectivity index (χ2v) is 5.62. The van der Waals surface area contributed by atoms with Crippen LogP contribution in [0.5, 0.6) is 11.5 Å². The van der Waals surface area contributed by atoms with E-state index in [0.717, 1.165) is 18.2 Å². The van der Waals surface area contributed by atoms with Gasteiger partial charge in [0.05, 0.1) is 5.56 Å². The third-order valence-electron chi connectivity index (χ3n) is 2.57. The van der Waals surface area contributed by atoms with Gasteiger partial charge < -0.3 is 4.74 Å². The molecule has 0 unspecified atom stereocenters. The van der Waals surface area contributed by atoms with Crippen LogP contribution in [0.25, 0.3) is 0 Å². The third kappa shape index (κ3) is 3.53. The van der Waals surface area contributed by atoms with Crippen molar-refractivity contribution in [2.24, 2.45) is 5.14 Å². The van der Waals surface area contributed by atoms with Crippen molar-refractivity contribution in [3.8, 4) is 11.5 Å². The minimum Gasteiger partial charge on any atom is -0.455 e. The molecule has 0 amide bonds. The molecule has 21 heavy (non-hydrogen) atoms. The van der Waals surface area contributed by atoms with E-state index in [0.29, 0.717) is 0 Å². The van der Waals surface area contributed by atoms with Gasteiger partial charge in [0.1, 0.15) is 16.4 Å². The molecule has 0 saturated carbocycles. The average molecular weight is 317 g/mol. The van der Waals surface area contributed by atoms with Gasteiger partial charge in [-0.15, -0.1) is 0 Å². The van der Waals surface area contributed by atoms with Crippen LogP contribution in [-0.4, -0.2) is 8.42 Å². The Hall–Kier alpha value is -2.06. The summed E-state index contributed by atoms with van der Waals surface area (Å²) >= 11 is 0. The Bertz CT molecular complexity index is 757. The van der Waals surface area contributed by atoms with Crippen LogP contribution in [0.4, 0.5) is 13.2 Å². The molecule has 0 fully saturated rings. The highest BCUT2D eigenvalue weighted by molar-refractivity contribution is 7.89. The topological polar surface area (TPSA) is 69.4 Å². The quantitative estimate of drug-likeness (QED) is 0.945. The van der Waals surface area contributed by atoms with E-state index in [2.05, 4.69) is 0 Å². The lowest BCUT2D eigenvalue weighted by Crippen LogP contribution is -2.13. The third-order valence-corrected chi connectivity index (χ3v) is 3.52. The fourth-order valence-electron chi connectivity index (χ4n) is 1.68. The van der Waals surface area contributed by atoms with Gasteiger partial charge in [-0.05, 0) is 24.3 Å². The van der Waals surface area contributed by atoms with Crippen molar-refractivity contribution < 1.29 is 26.3 Å². The summed E-state index contributed by atoms with van der Waals surface area (Å²) < 4.78 is 66.5. The molecule has 0 saturated heterocycles. The molecular weight excluding hydrogens is 307 g/mol. The molecule has 4 nitrogen and oxygen atoms in total. The van der Waals surface area contributed by atoms with Crippen LogP contribution >= 0.6 is 0 Å². The number of rotatable bonds is 3. The molecule has 0 atom stereocenters. The van der Waals surface area contributed by atoms with E-state index in [1.54, 1.807) is 0 Å². The summed E-state index contributed by atoms with van der Waals surface area (Å²) in [6.45, 7) is 0. The maximum absolute atomic E-state index is 12.9. The largest absolute Gasteiger partial charge is 0.455 e. The standard InChI is InChI=1S/C13H10F3NO3S/c14-13(15,16)9-5-1-2-6-10(9)20-11-7-3-4-8-12(11)21(17,18)19/h1-8H,(H2,17,18,19). The first kappa shape index (κ1) is 15.3. The number of nitrogens with two attached hydrogens (primary N) is 1. The van der Waals surface area contributed by atoms with Gasteiger partial charge in [-0.3, -0.25) is 0 Å². The number of ether oxygens (including phenoxy) is 1. The molecule has 0 aliphatic rings. The van der Waals surface area contributed by atoms with Gasteiger partial charge in [-0.25, -0.2) is 13.6 Å². The second-order valence-electron chi connectivity index (χ2n) is 4.09. The smallest absolute Gasteiger partial charge is 0.419 e. The molecule has 2 rings (SSSR count). The summed E-state index contributed by atoms with van der Waals surface area (Å²) in [4.78, 5) is -0.387. The van der Waals surface area contributed by atoms with Crippen molar-refractivity contribution in [1.29, 1.82) is 0 Å². The predicted molar refractivity (Wildman–Crippen MR) is 69.3 cm³/mol. The number of halogens is 3. The zero-order valence-electron chi connectivity index (χ0n) is 10.5. The van der Waals surface area contributed by atoms with Crippen LogP contribution in [0, 0.1) is 0 Å². The molecule has 8 heteroatoms. The van der Waals surface area contributed by atoms with Gasteiger partial charge in [0, 0.05) is 0 Å². The number of primary sulfonamides is 1. The Morgan fingerprint density at radius 3 is 2.00 bits per heavy atom. The van der Waals surface area contributed by atoms with Gasteiger partial charge in [0.15, 0.2) is 0 Å². The lowest BCUT2D eigenvalue weighted by molar-refractivity contribution is -0.138. The zero-order valence-corrected chi connectivity index (χ0v) is 11.3. The van der Waals surface area contributed by atoms with Crippen molar-refractivity contribution in [3.05, 3.63) is 54.1 Å². The summed E-state index contributed by atoms with van der Waals surface area (Å²) in [7, 11) is -4.11. The van der Waals surface area contributed by atoms with Crippen LogP contribution in [0.1, 0.15) is 5.56 Å². The second kappa shape index (κ2) is 5.38. The van der Waals surface area contributed by atoms with Crippen LogP contribution in [-0.2, 0) is 16.2 Å². The van der Waals surface area contributed by atoms with Crippen LogP contribution in [0.3, 0.4) is 0 Å². The minimum absolute atomic E-state index is 0.267. The minimum atomic E-state index is -4.62. The van der Waals surface area contributed by atoms with E-state index in [9.17, 15) is 21.6 Å². The van der Waals surface area contributed by atoms with E-state index in [1.807, 2.05) is 0 Å². The molecule has 0 heterocycles. The van der Waals surface area contributed by atoms with Crippen molar-refractivity contribution >= 4 is 10.0 Å². The number of benzene rings is 2. The summed E-state index contributed by atoms with van der Waals surface area (Å²) in [5.74, 6) is -0.766. The number of para-hydroxylation sites is 2. The van der Waals surface area contributed by atoms with Crippen molar-refractivity contribution in [2.75, 3.05) is 0 Å². The molecule has 2 aromatic rings. The van der Waals surface area contributed by atoms with Crippen molar-refractivity contribution in [3.63, 3.8) is 0 Å². The fourth-order valence-corrected chi connectivity index (χ4v) is 2.34. The maximum atomic E-state index is 12.9. The number of hydrogen-bond donors (Lipinski definition) is 1. The number of sulfonamides is 1. The first-order valence-electron chi connectivity index (χ1n) is 5.65. The predicted octanol–water partition coefficient (Wildman–Crippen LogP) is 3.15. The maximum Gasteiger partial charge on any atom is 0.419 e. The average Bonchev–Trinajstić information content (AvgIpc) is 2.37. The van der Waals surface area contributed by atoms with E-state index >= 15 is 0 Å². The first-order chi connectivity index (χ1) is 9.69. The monoisotopic (exact) mass is 317 g/mol. The van der Waals surface area contributed by atoms with Gasteiger partial charge >= 0.3 is 6.18 Å². The van der Waals surface area contributed by atoms with Crippen LogP contribution in [0.15, 0.2) is 53.4 Å². The van der Waals surface area contributed by atoms with Crippen LogP contribution in [0.2, 0.25) is 0 Å². The highest BCUT2D eigenvalue weighted by atomic mass is 32.2. The molecule has 0 bridgehead atoms. The first-order valence-corrected chi connectivity index (χ1v) is 7.20. The van der Waals surface area contributed by atoms with E-state index < -0.39 is 27.5 Å². The van der Waals surface area contributed by atoms with Crippen molar-refractivity contribution in [1.82, 2.24) is 0 Å². The molecular formula is C13H10F3NO3S. The Morgan fingerprint density at radius 1 is 0.905 bits per heavy atom. The van der Waals surface area contributed by atoms with Gasteiger partial charge in [-0.2, -0.15) is 13.2 Å². The number of hydrogen-bond acceptors (Lipinski definition) is 3. The Morgan fingerprint density at radius 2 is 1.43 bits per heavy atom. The molecule has 112 valence electrons. The summed E-state index contributed by atoms with van der Waals surface area (Å²) in [5, 5.41) is 5.01. The van der Waals surface area contributed by atoms with Gasteiger partial charge in [-0.1, -0.05) is 24.3 Å². The van der Waals surface area contributed by atoms with Gasteiger partial charge in [0.2, 0.25) is 10.0 Å². The molecule has 2 N–H and O–H groups in total. The van der Waals surface area contributed by atoms with E-state index in [-0.39, 0.29) is 10.6 Å². The fraction of sp³-hybridized carbons (Fsp3) is 0.0769. The lowest BCUT2D eigenvalue weighted by atomic mass is 10.2. The van der Waals surface area contributed by atoms with E-state index in [4.69, 9.17) is 9.88 Å². The van der Waals surface area contributed by atoms with Gasteiger partial charge in [0.25, 0.3) is 0 Å². The Balaban J connectivity index is 2.50.